The monoisotopic (exact) mass is 349 g/mol. The lowest BCUT2D eigenvalue weighted by Crippen LogP contribution is -2.62. The van der Waals surface area contributed by atoms with Gasteiger partial charge in [0.15, 0.2) is 0 Å². The molecular formula is C18H23NO6. The van der Waals surface area contributed by atoms with Gasteiger partial charge in [-0.3, -0.25) is 4.79 Å². The van der Waals surface area contributed by atoms with Gasteiger partial charge in [-0.2, -0.15) is 0 Å². The van der Waals surface area contributed by atoms with E-state index in [0.29, 0.717) is 5.56 Å². The van der Waals surface area contributed by atoms with Gasteiger partial charge in [0.1, 0.15) is 0 Å². The molecule has 0 bridgehead atoms. The van der Waals surface area contributed by atoms with E-state index in [1.165, 1.54) is 6.92 Å². The van der Waals surface area contributed by atoms with E-state index in [9.17, 15) is 19.5 Å². The molecule has 1 aromatic carbocycles. The van der Waals surface area contributed by atoms with Crippen molar-refractivity contribution in [3.05, 3.63) is 35.9 Å². The summed E-state index contributed by atoms with van der Waals surface area (Å²) in [4.78, 5) is 39.1. The van der Waals surface area contributed by atoms with Crippen LogP contribution in [0.2, 0.25) is 0 Å². The van der Waals surface area contributed by atoms with E-state index in [0.717, 1.165) is 4.90 Å². The van der Waals surface area contributed by atoms with Gasteiger partial charge in [0.2, 0.25) is 11.4 Å². The lowest BCUT2D eigenvalue weighted by atomic mass is 9.78. The third kappa shape index (κ3) is 3.11. The molecule has 1 aliphatic heterocycles. The van der Waals surface area contributed by atoms with Crippen LogP contribution in [0.1, 0.15) is 32.3 Å². The third-order valence-electron chi connectivity index (χ3n) is 4.34. The molecule has 2 rings (SSSR count). The van der Waals surface area contributed by atoms with Gasteiger partial charge in [0.05, 0.1) is 25.2 Å². The number of β-amino-alcohol motifs (C(OH)–C–C–N with tert-alkyl or cyclic N) is 1. The van der Waals surface area contributed by atoms with E-state index >= 15 is 0 Å². The molecule has 0 radical (unpaired) electrons. The third-order valence-corrected chi connectivity index (χ3v) is 4.34. The number of ether oxygens (including phenoxy) is 2. The minimum absolute atomic E-state index is 0.0311. The van der Waals surface area contributed by atoms with E-state index < -0.39 is 35.4 Å². The largest absolute Gasteiger partial charge is 0.464 e. The first-order valence-corrected chi connectivity index (χ1v) is 8.26. The predicted octanol–water partition coefficient (Wildman–Crippen LogP) is 0.858. The Kier molecular flexibility index (Phi) is 5.79. The van der Waals surface area contributed by atoms with Crippen LogP contribution in [0.4, 0.5) is 0 Å². The molecule has 1 aliphatic rings. The molecule has 7 nitrogen and oxygen atoms in total. The Balaban J connectivity index is 2.70. The fraction of sp³-hybridized carbons (Fsp3) is 0.500. The van der Waals surface area contributed by atoms with Crippen molar-refractivity contribution in [2.24, 2.45) is 0 Å². The van der Waals surface area contributed by atoms with E-state index in [1.807, 2.05) is 0 Å². The molecule has 25 heavy (non-hydrogen) atoms. The molecule has 0 aromatic heterocycles. The van der Waals surface area contributed by atoms with Gasteiger partial charge in [-0.15, -0.1) is 0 Å². The highest BCUT2D eigenvalue weighted by Crippen LogP contribution is 2.44. The van der Waals surface area contributed by atoms with Crippen LogP contribution in [-0.2, 0) is 23.9 Å². The first kappa shape index (κ1) is 18.9. The lowest BCUT2D eigenvalue weighted by Gasteiger charge is -2.37. The maximum Gasteiger partial charge on any atom is 0.344 e. The van der Waals surface area contributed by atoms with E-state index in [1.54, 1.807) is 44.2 Å². The number of nitrogens with zero attached hydrogens (tertiary/aromatic N) is 1. The highest BCUT2D eigenvalue weighted by Gasteiger charge is 2.67. The van der Waals surface area contributed by atoms with Crippen molar-refractivity contribution < 1.29 is 29.0 Å². The van der Waals surface area contributed by atoms with Crippen molar-refractivity contribution in [2.75, 3.05) is 19.8 Å². The summed E-state index contributed by atoms with van der Waals surface area (Å²) in [5, 5.41) is 10.6. The molecular weight excluding hydrogens is 326 g/mol. The number of amides is 1. The molecule has 1 fully saturated rings. The molecule has 2 atom stereocenters. The van der Waals surface area contributed by atoms with Gasteiger partial charge in [0, 0.05) is 13.5 Å². The number of carbonyl (C=O) groups excluding carboxylic acids is 3. The van der Waals surface area contributed by atoms with Crippen LogP contribution in [0.3, 0.4) is 0 Å². The Labute approximate surface area is 146 Å². The normalized spacial score (nSPS) is 21.7. The molecule has 0 aliphatic carbocycles. The Morgan fingerprint density at radius 1 is 1.12 bits per heavy atom. The number of hydrogen-bond acceptors (Lipinski definition) is 6. The topological polar surface area (TPSA) is 93.1 Å². The number of aliphatic hydroxyl groups excluding tert-OH is 1. The van der Waals surface area contributed by atoms with Crippen LogP contribution in [0.5, 0.6) is 0 Å². The Morgan fingerprint density at radius 2 is 1.64 bits per heavy atom. The fourth-order valence-electron chi connectivity index (χ4n) is 3.42. The summed E-state index contributed by atoms with van der Waals surface area (Å²) in [7, 11) is 0. The highest BCUT2D eigenvalue weighted by molar-refractivity contribution is 6.09. The number of rotatable bonds is 5. The Morgan fingerprint density at radius 3 is 2.08 bits per heavy atom. The maximum absolute atomic E-state index is 12.9. The zero-order chi connectivity index (χ0) is 18.6. The van der Waals surface area contributed by atoms with Gasteiger partial charge in [-0.25, -0.2) is 9.59 Å². The molecule has 0 spiro atoms. The summed E-state index contributed by atoms with van der Waals surface area (Å²) >= 11 is 0. The summed E-state index contributed by atoms with van der Waals surface area (Å²) in [6.45, 7) is 4.36. The molecule has 1 amide bonds. The molecule has 1 saturated heterocycles. The molecule has 0 saturated carbocycles. The highest BCUT2D eigenvalue weighted by atomic mass is 16.6. The van der Waals surface area contributed by atoms with E-state index in [-0.39, 0.29) is 19.8 Å². The van der Waals surface area contributed by atoms with Crippen LogP contribution in [0, 0.1) is 0 Å². The molecule has 1 aromatic rings. The van der Waals surface area contributed by atoms with Crippen molar-refractivity contribution in [1.29, 1.82) is 0 Å². The quantitative estimate of drug-likeness (QED) is 0.626. The zero-order valence-corrected chi connectivity index (χ0v) is 14.6. The van der Waals surface area contributed by atoms with Crippen LogP contribution >= 0.6 is 0 Å². The number of hydrogen-bond donors (Lipinski definition) is 1. The summed E-state index contributed by atoms with van der Waals surface area (Å²) in [5.41, 5.74) is -1.49. The summed E-state index contributed by atoms with van der Waals surface area (Å²) in [5.74, 6) is -3.28. The predicted molar refractivity (Wildman–Crippen MR) is 88.6 cm³/mol. The average Bonchev–Trinajstić information content (AvgIpc) is 2.90. The van der Waals surface area contributed by atoms with Crippen LogP contribution in [0.15, 0.2) is 30.3 Å². The first-order chi connectivity index (χ1) is 11.9. The van der Waals surface area contributed by atoms with Crippen molar-refractivity contribution in [3.8, 4) is 0 Å². The standard InChI is InChI=1S/C18H23NO6/c1-4-24-16(22)18(17(23)25-5-2)15(13-9-7-6-8-10-13)14(21)11-19(18)12(3)20/h6-10,14-15,21H,4-5,11H2,1-3H3/t14-,15-/m0/s1. The molecule has 1 heterocycles. The second-order valence-corrected chi connectivity index (χ2v) is 5.79. The van der Waals surface area contributed by atoms with Gasteiger partial charge in [-0.1, -0.05) is 30.3 Å². The second-order valence-electron chi connectivity index (χ2n) is 5.79. The smallest absolute Gasteiger partial charge is 0.344 e. The van der Waals surface area contributed by atoms with Gasteiger partial charge >= 0.3 is 11.9 Å². The van der Waals surface area contributed by atoms with Crippen LogP contribution in [-0.4, -0.2) is 59.3 Å². The van der Waals surface area contributed by atoms with Crippen molar-refractivity contribution in [1.82, 2.24) is 4.90 Å². The fourth-order valence-corrected chi connectivity index (χ4v) is 3.42. The van der Waals surface area contributed by atoms with Crippen molar-refractivity contribution in [2.45, 2.75) is 38.3 Å². The SMILES string of the molecule is CCOC(=O)C1(C(=O)OCC)[C@@H](c2ccccc2)[C@@H](O)CN1C(C)=O. The summed E-state index contributed by atoms with van der Waals surface area (Å²) < 4.78 is 10.3. The number of aliphatic hydroxyl groups is 1. The van der Waals surface area contributed by atoms with Gasteiger partial charge in [-0.05, 0) is 19.4 Å². The number of esters is 2. The summed E-state index contributed by atoms with van der Waals surface area (Å²) in [6, 6.07) is 8.65. The minimum Gasteiger partial charge on any atom is -0.464 e. The van der Waals surface area contributed by atoms with Gasteiger partial charge in [0.25, 0.3) is 0 Å². The molecule has 1 N–H and O–H groups in total. The zero-order valence-electron chi connectivity index (χ0n) is 14.6. The second kappa shape index (κ2) is 7.65. The Hall–Kier alpha value is -2.41. The van der Waals surface area contributed by atoms with Crippen LogP contribution in [0.25, 0.3) is 0 Å². The van der Waals surface area contributed by atoms with E-state index in [2.05, 4.69) is 0 Å². The first-order valence-electron chi connectivity index (χ1n) is 8.26. The summed E-state index contributed by atoms with van der Waals surface area (Å²) in [6.07, 6.45) is -1.11. The number of likely N-dealkylation sites (tertiary alicyclic amines) is 1. The molecule has 7 heteroatoms. The van der Waals surface area contributed by atoms with Crippen molar-refractivity contribution in [3.63, 3.8) is 0 Å². The van der Waals surface area contributed by atoms with Gasteiger partial charge < -0.3 is 19.5 Å². The number of carbonyl (C=O) groups is 3. The van der Waals surface area contributed by atoms with Crippen molar-refractivity contribution >= 4 is 17.8 Å². The average molecular weight is 349 g/mol. The Bertz CT molecular complexity index is 626. The number of benzene rings is 1. The molecule has 136 valence electrons. The van der Waals surface area contributed by atoms with Crippen LogP contribution < -0.4 is 0 Å². The molecule has 0 unspecified atom stereocenters. The minimum atomic E-state index is -2.04. The van der Waals surface area contributed by atoms with E-state index in [4.69, 9.17) is 9.47 Å². The lowest BCUT2D eigenvalue weighted by molar-refractivity contribution is -0.177. The maximum atomic E-state index is 12.9.